The number of halogens is 1. The van der Waals surface area contributed by atoms with Gasteiger partial charge in [0.15, 0.2) is 11.4 Å². The van der Waals surface area contributed by atoms with Crippen LogP contribution in [0.25, 0.3) is 16.5 Å². The first-order chi connectivity index (χ1) is 8.45. The third-order valence-electron chi connectivity index (χ3n) is 2.89. The van der Waals surface area contributed by atoms with Crippen LogP contribution in [0.2, 0.25) is 0 Å². The Labute approximate surface area is 104 Å². The number of nitrogens with one attached hydrogen (secondary N) is 1. The topological polar surface area (TPSA) is 57.2 Å². The van der Waals surface area contributed by atoms with Crippen molar-refractivity contribution in [2.24, 2.45) is 0 Å². The average molecular weight is 247 g/mol. The Morgan fingerprint density at radius 1 is 1.50 bits per heavy atom. The summed E-state index contributed by atoms with van der Waals surface area (Å²) in [4.78, 5) is 0. The summed E-state index contributed by atoms with van der Waals surface area (Å²) >= 11 is 0. The third kappa shape index (κ3) is 1.79. The minimum absolute atomic E-state index is 0.0668. The lowest BCUT2D eigenvalue weighted by molar-refractivity contribution is 0.467. The quantitative estimate of drug-likeness (QED) is 0.855. The van der Waals surface area contributed by atoms with Crippen molar-refractivity contribution in [2.75, 3.05) is 0 Å². The van der Waals surface area contributed by atoms with Crippen LogP contribution in [-0.4, -0.2) is 5.11 Å². The predicted octanol–water partition coefficient (Wildman–Crippen LogP) is 3.35. The van der Waals surface area contributed by atoms with Gasteiger partial charge in [-0.2, -0.15) is 0 Å². The van der Waals surface area contributed by atoms with Gasteiger partial charge >= 0.3 is 0 Å². The maximum atomic E-state index is 14.2. The number of benzene rings is 1. The molecule has 4 heteroatoms. The van der Waals surface area contributed by atoms with Crippen LogP contribution < -0.4 is 5.55 Å². The van der Waals surface area contributed by atoms with E-state index in [-0.39, 0.29) is 27.8 Å². The Balaban J connectivity index is 2.93. The molecule has 0 bridgehead atoms. The molecular formula is C14H14FNO2. The molecule has 94 valence electrons. The molecule has 0 saturated heterocycles. The van der Waals surface area contributed by atoms with E-state index in [4.69, 9.17) is 9.83 Å². The molecule has 0 atom stereocenters. The SMILES string of the molecule is C=C(C)c1cc(O)c2cc(CC)c(=N)oc2c1F. The molecular weight excluding hydrogens is 233 g/mol. The molecule has 0 amide bonds. The summed E-state index contributed by atoms with van der Waals surface area (Å²) in [6.07, 6.45) is 0.585. The van der Waals surface area contributed by atoms with Gasteiger partial charge in [-0.1, -0.05) is 13.5 Å². The Morgan fingerprint density at radius 2 is 2.17 bits per heavy atom. The summed E-state index contributed by atoms with van der Waals surface area (Å²) in [5, 5.41) is 17.9. The summed E-state index contributed by atoms with van der Waals surface area (Å²) < 4.78 is 19.3. The summed E-state index contributed by atoms with van der Waals surface area (Å²) in [5.74, 6) is -0.658. The van der Waals surface area contributed by atoms with Gasteiger partial charge in [0.1, 0.15) is 5.75 Å². The van der Waals surface area contributed by atoms with Crippen molar-refractivity contribution in [2.45, 2.75) is 20.3 Å². The molecule has 0 unspecified atom stereocenters. The van der Waals surface area contributed by atoms with E-state index < -0.39 is 5.82 Å². The van der Waals surface area contributed by atoms with Crippen LogP contribution in [0, 0.1) is 11.2 Å². The Hall–Kier alpha value is -2.10. The van der Waals surface area contributed by atoms with Gasteiger partial charge in [0.2, 0.25) is 5.55 Å². The maximum absolute atomic E-state index is 14.2. The molecule has 0 saturated carbocycles. The van der Waals surface area contributed by atoms with Crippen molar-refractivity contribution in [3.05, 3.63) is 41.2 Å². The molecule has 2 rings (SSSR count). The van der Waals surface area contributed by atoms with Gasteiger partial charge in [0, 0.05) is 11.1 Å². The van der Waals surface area contributed by atoms with Crippen LogP contribution in [0.1, 0.15) is 25.0 Å². The summed E-state index contributed by atoms with van der Waals surface area (Å²) in [7, 11) is 0. The number of hydrogen-bond donors (Lipinski definition) is 2. The molecule has 0 aliphatic carbocycles. The van der Waals surface area contributed by atoms with Crippen LogP contribution in [0.3, 0.4) is 0 Å². The zero-order valence-corrected chi connectivity index (χ0v) is 10.3. The number of aryl methyl sites for hydroxylation is 1. The number of phenolic OH excluding ortho intramolecular Hbond substituents is 1. The van der Waals surface area contributed by atoms with Crippen molar-refractivity contribution in [1.29, 1.82) is 5.41 Å². The van der Waals surface area contributed by atoms with Crippen LogP contribution >= 0.6 is 0 Å². The molecule has 0 aliphatic rings. The third-order valence-corrected chi connectivity index (χ3v) is 2.89. The smallest absolute Gasteiger partial charge is 0.215 e. The van der Waals surface area contributed by atoms with Gasteiger partial charge in [-0.15, -0.1) is 0 Å². The standard InChI is InChI=1S/C14H14FNO2/c1-4-8-5-10-11(17)6-9(7(2)3)12(15)13(10)18-14(8)16/h5-6,16-17H,2,4H2,1,3H3. The van der Waals surface area contributed by atoms with Gasteiger partial charge in [-0.05, 0) is 31.1 Å². The van der Waals surface area contributed by atoms with E-state index in [0.717, 1.165) is 0 Å². The molecule has 2 N–H and O–H groups in total. The minimum atomic E-state index is -0.591. The fraction of sp³-hybridized carbons (Fsp3) is 0.214. The predicted molar refractivity (Wildman–Crippen MR) is 67.8 cm³/mol. The highest BCUT2D eigenvalue weighted by atomic mass is 19.1. The Morgan fingerprint density at radius 3 is 2.72 bits per heavy atom. The molecule has 1 aromatic heterocycles. The second kappa shape index (κ2) is 4.29. The molecule has 18 heavy (non-hydrogen) atoms. The number of allylic oxidation sites excluding steroid dienone is 1. The molecule has 1 aromatic carbocycles. The van der Waals surface area contributed by atoms with Crippen LogP contribution in [0.4, 0.5) is 4.39 Å². The Kier molecular flexibility index (Phi) is 2.95. The lowest BCUT2D eigenvalue weighted by Gasteiger charge is -2.08. The highest BCUT2D eigenvalue weighted by Crippen LogP contribution is 2.32. The van der Waals surface area contributed by atoms with E-state index >= 15 is 0 Å². The fourth-order valence-electron chi connectivity index (χ4n) is 1.85. The number of rotatable bonds is 2. The molecule has 2 aromatic rings. The van der Waals surface area contributed by atoms with Crippen molar-refractivity contribution in [3.63, 3.8) is 0 Å². The number of hydrogen-bond acceptors (Lipinski definition) is 3. The van der Waals surface area contributed by atoms with Gasteiger partial charge in [-0.25, -0.2) is 4.39 Å². The largest absolute Gasteiger partial charge is 0.507 e. The molecule has 0 spiro atoms. The zero-order chi connectivity index (χ0) is 13.4. The van der Waals surface area contributed by atoms with Crippen molar-refractivity contribution in [3.8, 4) is 5.75 Å². The van der Waals surface area contributed by atoms with Crippen LogP contribution in [-0.2, 0) is 6.42 Å². The first-order valence-electron chi connectivity index (χ1n) is 5.64. The lowest BCUT2D eigenvalue weighted by Crippen LogP contribution is -2.07. The number of phenols is 1. The number of aromatic hydroxyl groups is 1. The van der Waals surface area contributed by atoms with Gasteiger partial charge < -0.3 is 9.52 Å². The van der Waals surface area contributed by atoms with E-state index in [1.54, 1.807) is 13.0 Å². The first-order valence-corrected chi connectivity index (χ1v) is 5.64. The van der Waals surface area contributed by atoms with E-state index in [2.05, 4.69) is 6.58 Å². The molecule has 0 aliphatic heterocycles. The number of fused-ring (bicyclic) bond motifs is 1. The highest BCUT2D eigenvalue weighted by molar-refractivity contribution is 5.88. The van der Waals surface area contributed by atoms with E-state index in [9.17, 15) is 9.50 Å². The highest BCUT2D eigenvalue weighted by Gasteiger charge is 2.15. The van der Waals surface area contributed by atoms with Crippen LogP contribution in [0.5, 0.6) is 5.75 Å². The molecule has 3 nitrogen and oxygen atoms in total. The van der Waals surface area contributed by atoms with Crippen LogP contribution in [0.15, 0.2) is 23.1 Å². The average Bonchev–Trinajstić information content (AvgIpc) is 2.32. The summed E-state index contributed by atoms with van der Waals surface area (Å²) in [5.41, 5.74) is 1.14. The zero-order valence-electron chi connectivity index (χ0n) is 10.3. The summed E-state index contributed by atoms with van der Waals surface area (Å²) in [6.45, 7) is 7.16. The first kappa shape index (κ1) is 12.4. The van der Waals surface area contributed by atoms with Gasteiger partial charge in [0.25, 0.3) is 0 Å². The molecule has 0 fully saturated rings. The molecule has 0 radical (unpaired) electrons. The molecule has 1 heterocycles. The Bertz CT molecular complexity index is 701. The van der Waals surface area contributed by atoms with Gasteiger partial charge in [0.05, 0.1) is 5.39 Å². The van der Waals surface area contributed by atoms with Gasteiger partial charge in [-0.3, -0.25) is 5.41 Å². The second-order valence-corrected chi connectivity index (χ2v) is 4.23. The van der Waals surface area contributed by atoms with E-state index in [1.807, 2.05) is 6.92 Å². The van der Waals surface area contributed by atoms with Crippen molar-refractivity contribution < 1.29 is 13.9 Å². The second-order valence-electron chi connectivity index (χ2n) is 4.23. The van der Waals surface area contributed by atoms with Crippen molar-refractivity contribution in [1.82, 2.24) is 0 Å². The van der Waals surface area contributed by atoms with E-state index in [0.29, 0.717) is 17.6 Å². The monoisotopic (exact) mass is 247 g/mol. The lowest BCUT2D eigenvalue weighted by atomic mass is 10.0. The summed E-state index contributed by atoms with van der Waals surface area (Å²) in [6, 6.07) is 2.92. The maximum Gasteiger partial charge on any atom is 0.215 e. The fourth-order valence-corrected chi connectivity index (χ4v) is 1.85. The van der Waals surface area contributed by atoms with E-state index in [1.165, 1.54) is 6.07 Å². The minimum Gasteiger partial charge on any atom is -0.507 e. The van der Waals surface area contributed by atoms with Crippen molar-refractivity contribution >= 4 is 16.5 Å². The normalized spacial score (nSPS) is 10.8.